The second kappa shape index (κ2) is 15.1. The summed E-state index contributed by atoms with van der Waals surface area (Å²) in [5.41, 5.74) is 1.62. The first-order valence-electron chi connectivity index (χ1n) is 11.9. The molecule has 1 aromatic rings. The Hall–Kier alpha value is -1.88. The van der Waals surface area contributed by atoms with Gasteiger partial charge in [-0.3, -0.25) is 9.59 Å². The number of carbonyl (C=O) groups excluding carboxylic acids is 2. The molecule has 0 bridgehead atoms. The number of aliphatic imine (C=N–C) groups is 1. The molecule has 0 atom stereocenters. The number of rotatable bonds is 9. The van der Waals surface area contributed by atoms with Crippen molar-refractivity contribution in [1.82, 2.24) is 20.9 Å². The van der Waals surface area contributed by atoms with Crippen LogP contribution in [0.5, 0.6) is 0 Å². The second-order valence-electron chi connectivity index (χ2n) is 8.38. The highest BCUT2D eigenvalue weighted by atomic mass is 127. The Morgan fingerprint density at radius 1 is 1.18 bits per heavy atom. The number of ether oxygens (including phenoxy) is 1. The van der Waals surface area contributed by atoms with Crippen molar-refractivity contribution in [3.05, 3.63) is 35.4 Å². The Labute approximate surface area is 214 Å². The van der Waals surface area contributed by atoms with E-state index in [0.717, 1.165) is 37.6 Å². The van der Waals surface area contributed by atoms with Crippen LogP contribution in [0.15, 0.2) is 29.3 Å². The van der Waals surface area contributed by atoms with Crippen LogP contribution in [0.3, 0.4) is 0 Å². The molecule has 2 amide bonds. The molecule has 33 heavy (non-hydrogen) atoms. The van der Waals surface area contributed by atoms with E-state index in [9.17, 15) is 9.59 Å². The molecule has 1 aliphatic carbocycles. The molecule has 1 aliphatic heterocycles. The third-order valence-corrected chi connectivity index (χ3v) is 5.81. The van der Waals surface area contributed by atoms with Crippen molar-refractivity contribution in [2.75, 3.05) is 39.3 Å². The highest BCUT2D eigenvalue weighted by Crippen LogP contribution is 2.20. The predicted octanol–water partition coefficient (Wildman–Crippen LogP) is 2.67. The van der Waals surface area contributed by atoms with E-state index in [0.29, 0.717) is 31.3 Å². The number of benzene rings is 1. The maximum atomic E-state index is 12.6. The molecule has 3 N–H and O–H groups in total. The number of guanidine groups is 1. The Morgan fingerprint density at radius 2 is 1.94 bits per heavy atom. The van der Waals surface area contributed by atoms with Crippen LogP contribution in [0, 0.1) is 0 Å². The topological polar surface area (TPSA) is 95.1 Å². The molecule has 2 fully saturated rings. The number of nitrogens with one attached hydrogen (secondary N) is 3. The summed E-state index contributed by atoms with van der Waals surface area (Å²) in [5.74, 6) is 0.560. The largest absolute Gasteiger partial charge is 0.378 e. The smallest absolute Gasteiger partial charge is 0.254 e. The minimum Gasteiger partial charge on any atom is -0.378 e. The monoisotopic (exact) mass is 571 g/mol. The zero-order chi connectivity index (χ0) is 22.6. The Bertz CT molecular complexity index is 766. The van der Waals surface area contributed by atoms with Gasteiger partial charge in [0.2, 0.25) is 5.91 Å². The van der Waals surface area contributed by atoms with Gasteiger partial charge >= 0.3 is 0 Å². The molecule has 0 radical (unpaired) electrons. The van der Waals surface area contributed by atoms with Crippen LogP contribution >= 0.6 is 24.0 Å². The van der Waals surface area contributed by atoms with Gasteiger partial charge in [0, 0.05) is 38.3 Å². The number of carbonyl (C=O) groups is 2. The van der Waals surface area contributed by atoms with E-state index in [1.807, 2.05) is 31.2 Å². The van der Waals surface area contributed by atoms with E-state index in [-0.39, 0.29) is 42.3 Å². The van der Waals surface area contributed by atoms with Crippen molar-refractivity contribution in [2.24, 2.45) is 4.99 Å². The van der Waals surface area contributed by atoms with Crippen LogP contribution in [-0.2, 0) is 16.1 Å². The molecule has 0 aromatic heterocycles. The minimum atomic E-state index is -0.112. The first kappa shape index (κ1) is 27.4. The highest BCUT2D eigenvalue weighted by Gasteiger charge is 2.22. The molecule has 2 aliphatic rings. The van der Waals surface area contributed by atoms with Gasteiger partial charge in [-0.1, -0.05) is 31.4 Å². The van der Waals surface area contributed by atoms with Crippen LogP contribution in [0.4, 0.5) is 0 Å². The molecule has 0 unspecified atom stereocenters. The van der Waals surface area contributed by atoms with Crippen molar-refractivity contribution >= 4 is 41.8 Å². The average molecular weight is 572 g/mol. The van der Waals surface area contributed by atoms with Crippen LogP contribution in [0.1, 0.15) is 61.4 Å². The summed E-state index contributed by atoms with van der Waals surface area (Å²) in [7, 11) is 0. The maximum absolute atomic E-state index is 12.6. The summed E-state index contributed by atoms with van der Waals surface area (Å²) in [5, 5.41) is 9.37. The van der Waals surface area contributed by atoms with Gasteiger partial charge in [0.25, 0.3) is 5.91 Å². The Balaban J connectivity index is 0.00000385. The van der Waals surface area contributed by atoms with Crippen LogP contribution in [-0.4, -0.2) is 68.1 Å². The van der Waals surface area contributed by atoms with Crippen molar-refractivity contribution in [3.8, 4) is 0 Å². The summed E-state index contributed by atoms with van der Waals surface area (Å²) in [6.45, 7) is 6.12. The zero-order valence-corrected chi connectivity index (χ0v) is 21.9. The summed E-state index contributed by atoms with van der Waals surface area (Å²) in [6, 6.07) is 7.45. The third-order valence-electron chi connectivity index (χ3n) is 5.81. The molecule has 8 nitrogen and oxygen atoms in total. The first-order valence-corrected chi connectivity index (χ1v) is 11.9. The van der Waals surface area contributed by atoms with Gasteiger partial charge in [-0.2, -0.15) is 0 Å². The van der Waals surface area contributed by atoms with Gasteiger partial charge in [-0.25, -0.2) is 4.99 Å². The van der Waals surface area contributed by atoms with E-state index < -0.39 is 0 Å². The number of halogens is 1. The fourth-order valence-electron chi connectivity index (χ4n) is 4.02. The van der Waals surface area contributed by atoms with Gasteiger partial charge in [-0.15, -0.1) is 24.0 Å². The number of hydrogen-bond acceptors (Lipinski definition) is 4. The van der Waals surface area contributed by atoms with Crippen molar-refractivity contribution in [1.29, 1.82) is 0 Å². The van der Waals surface area contributed by atoms with Crippen molar-refractivity contribution in [2.45, 2.75) is 58.1 Å². The summed E-state index contributed by atoms with van der Waals surface area (Å²) >= 11 is 0. The van der Waals surface area contributed by atoms with E-state index in [2.05, 4.69) is 20.9 Å². The molecular formula is C24H38IN5O3. The van der Waals surface area contributed by atoms with E-state index >= 15 is 0 Å². The van der Waals surface area contributed by atoms with Gasteiger partial charge < -0.3 is 25.6 Å². The van der Waals surface area contributed by atoms with Crippen molar-refractivity contribution in [3.63, 3.8) is 0 Å². The minimum absolute atomic E-state index is 0. The highest BCUT2D eigenvalue weighted by molar-refractivity contribution is 14.0. The second-order valence-corrected chi connectivity index (χ2v) is 8.38. The lowest BCUT2D eigenvalue weighted by molar-refractivity contribution is -0.123. The van der Waals surface area contributed by atoms with Crippen LogP contribution in [0.2, 0.25) is 0 Å². The lowest BCUT2D eigenvalue weighted by Gasteiger charge is -2.26. The van der Waals surface area contributed by atoms with Crippen LogP contribution in [0.25, 0.3) is 0 Å². The average Bonchev–Trinajstić information content (AvgIpc) is 2.83. The standard InChI is InChI=1S/C24H37N5O3.HI/c1-2-25-24(27-13-6-16-32-21-7-4-3-5-8-21)28-17-19-9-11-20(12-10-19)23(31)29-15-14-26-22(30)18-29;/h9-12,21H,2-8,13-18H2,1H3,(H,26,30)(H2,25,27,28);1H. The molecule has 9 heteroatoms. The SMILES string of the molecule is CCNC(=NCc1ccc(C(=O)N2CCNC(=O)C2)cc1)NCCCOC1CCCCC1.I. The van der Waals surface area contributed by atoms with Gasteiger partial charge in [0.1, 0.15) is 0 Å². The summed E-state index contributed by atoms with van der Waals surface area (Å²) in [6.07, 6.45) is 7.75. The molecule has 1 saturated carbocycles. The molecule has 3 rings (SSSR count). The molecule has 184 valence electrons. The van der Waals surface area contributed by atoms with E-state index in [4.69, 9.17) is 4.74 Å². The number of hydrogen-bond donors (Lipinski definition) is 3. The van der Waals surface area contributed by atoms with E-state index in [1.54, 1.807) is 4.90 Å². The van der Waals surface area contributed by atoms with Crippen LogP contribution < -0.4 is 16.0 Å². The number of amides is 2. The lowest BCUT2D eigenvalue weighted by atomic mass is 9.98. The molecule has 1 saturated heterocycles. The number of nitrogens with zero attached hydrogens (tertiary/aromatic N) is 2. The van der Waals surface area contributed by atoms with E-state index in [1.165, 1.54) is 32.1 Å². The quantitative estimate of drug-likeness (QED) is 0.184. The van der Waals surface area contributed by atoms with Gasteiger partial charge in [-0.05, 0) is 43.9 Å². The Morgan fingerprint density at radius 3 is 2.64 bits per heavy atom. The fourth-order valence-corrected chi connectivity index (χ4v) is 4.02. The summed E-state index contributed by atoms with van der Waals surface area (Å²) in [4.78, 5) is 30.3. The Kier molecular flexibility index (Phi) is 12.5. The third kappa shape index (κ3) is 9.48. The lowest BCUT2D eigenvalue weighted by Crippen LogP contribution is -2.49. The first-order chi connectivity index (χ1) is 15.7. The fraction of sp³-hybridized carbons (Fsp3) is 0.625. The maximum Gasteiger partial charge on any atom is 0.254 e. The molecular weight excluding hydrogens is 533 g/mol. The number of piperazine rings is 1. The van der Waals surface area contributed by atoms with Crippen molar-refractivity contribution < 1.29 is 14.3 Å². The molecule has 1 aromatic carbocycles. The van der Waals surface area contributed by atoms with Gasteiger partial charge in [0.05, 0.1) is 19.2 Å². The van der Waals surface area contributed by atoms with Gasteiger partial charge in [0.15, 0.2) is 5.96 Å². The zero-order valence-electron chi connectivity index (χ0n) is 19.6. The predicted molar refractivity (Wildman–Crippen MR) is 141 cm³/mol. The normalized spacial score (nSPS) is 17.2. The molecule has 1 heterocycles. The molecule has 0 spiro atoms. The summed E-state index contributed by atoms with van der Waals surface area (Å²) < 4.78 is 5.98.